The quantitative estimate of drug-likeness (QED) is 0.497. The lowest BCUT2D eigenvalue weighted by Crippen LogP contribution is -2.12. The Kier molecular flexibility index (Phi) is 3.39. The molecule has 2 aromatic rings. The predicted octanol–water partition coefficient (Wildman–Crippen LogP) is 1.72. The summed E-state index contributed by atoms with van der Waals surface area (Å²) < 4.78 is 0. The van der Waals surface area contributed by atoms with Crippen molar-refractivity contribution in [2.75, 3.05) is 0 Å². The minimum absolute atomic E-state index is 0.258. The number of phenolic OH excluding ortho intramolecular Hbond substituents is 3. The van der Waals surface area contributed by atoms with Crippen LogP contribution in [-0.4, -0.2) is 26.2 Å². The lowest BCUT2D eigenvalue weighted by atomic mass is 9.99. The van der Waals surface area contributed by atoms with Gasteiger partial charge in [-0.2, -0.15) is 0 Å². The second kappa shape index (κ2) is 4.99. The van der Waals surface area contributed by atoms with Gasteiger partial charge in [0.05, 0.1) is 5.56 Å². The molecule has 1 unspecified atom stereocenters. The van der Waals surface area contributed by atoms with Crippen LogP contribution in [0.1, 0.15) is 22.0 Å². The number of carbonyl (C=O) groups excluding carboxylic acids is 1. The topological polar surface area (TPSA) is 98.0 Å². The second-order valence-electron chi connectivity index (χ2n) is 4.01. The molecule has 0 radical (unpaired) electrons. The van der Waals surface area contributed by atoms with E-state index in [4.69, 9.17) is 0 Å². The van der Waals surface area contributed by atoms with Crippen molar-refractivity contribution < 1.29 is 25.2 Å². The van der Waals surface area contributed by atoms with Crippen molar-refractivity contribution in [3.05, 3.63) is 53.6 Å². The van der Waals surface area contributed by atoms with Crippen LogP contribution in [0, 0.1) is 0 Å². The summed E-state index contributed by atoms with van der Waals surface area (Å²) >= 11 is 0. The highest BCUT2D eigenvalue weighted by Crippen LogP contribution is 2.38. The zero-order chi connectivity index (χ0) is 14.0. The van der Waals surface area contributed by atoms with Gasteiger partial charge in [-0.1, -0.05) is 30.3 Å². The minimum atomic E-state index is -1.45. The van der Waals surface area contributed by atoms with Gasteiger partial charge in [-0.05, 0) is 17.7 Å². The highest BCUT2D eigenvalue weighted by Gasteiger charge is 2.24. The maximum absolute atomic E-state index is 12.0. The number of aliphatic hydroxyl groups is 1. The molecule has 2 rings (SSSR count). The van der Waals surface area contributed by atoms with Crippen LogP contribution in [0.2, 0.25) is 0 Å². The van der Waals surface area contributed by atoms with Crippen LogP contribution in [0.15, 0.2) is 42.5 Å². The number of carbonyl (C=O) groups is 1. The first-order valence-corrected chi connectivity index (χ1v) is 5.53. The summed E-state index contributed by atoms with van der Waals surface area (Å²) in [6, 6.07) is 10.4. The Morgan fingerprint density at radius 1 is 0.895 bits per heavy atom. The van der Waals surface area contributed by atoms with Crippen LogP contribution in [0.5, 0.6) is 17.2 Å². The van der Waals surface area contributed by atoms with Crippen molar-refractivity contribution in [2.45, 2.75) is 6.10 Å². The Morgan fingerprint density at radius 2 is 1.53 bits per heavy atom. The van der Waals surface area contributed by atoms with Gasteiger partial charge in [0.1, 0.15) is 6.10 Å². The van der Waals surface area contributed by atoms with Crippen LogP contribution in [0.4, 0.5) is 0 Å². The first-order chi connectivity index (χ1) is 9.02. The van der Waals surface area contributed by atoms with Gasteiger partial charge in [0.15, 0.2) is 17.3 Å². The first-order valence-electron chi connectivity index (χ1n) is 5.53. The molecule has 98 valence electrons. The Labute approximate surface area is 109 Å². The van der Waals surface area contributed by atoms with Gasteiger partial charge in [0.25, 0.3) is 0 Å². The molecule has 0 amide bonds. The maximum atomic E-state index is 12.0. The van der Waals surface area contributed by atoms with Crippen molar-refractivity contribution in [1.29, 1.82) is 0 Å². The molecule has 19 heavy (non-hydrogen) atoms. The first kappa shape index (κ1) is 12.9. The van der Waals surface area contributed by atoms with Gasteiger partial charge < -0.3 is 20.4 Å². The lowest BCUT2D eigenvalue weighted by molar-refractivity contribution is 0.0744. The molecule has 0 aromatic heterocycles. The molecule has 5 heteroatoms. The number of hydrogen-bond acceptors (Lipinski definition) is 5. The number of Topliss-reactive ketones (excluding diaryl/α,β-unsaturated/α-hetero) is 1. The smallest absolute Gasteiger partial charge is 0.201 e. The monoisotopic (exact) mass is 260 g/mol. The number of aliphatic hydroxyl groups excluding tert-OH is 1. The fraction of sp³-hybridized carbons (Fsp3) is 0.0714. The maximum Gasteiger partial charge on any atom is 0.201 e. The van der Waals surface area contributed by atoms with Crippen molar-refractivity contribution >= 4 is 5.78 Å². The molecule has 0 spiro atoms. The molecule has 0 saturated heterocycles. The summed E-state index contributed by atoms with van der Waals surface area (Å²) in [5.74, 6) is -2.84. The highest BCUT2D eigenvalue weighted by atomic mass is 16.3. The van der Waals surface area contributed by atoms with Gasteiger partial charge in [0, 0.05) is 0 Å². The number of rotatable bonds is 3. The average Bonchev–Trinajstić information content (AvgIpc) is 2.44. The molecular weight excluding hydrogens is 248 g/mol. The van der Waals surface area contributed by atoms with Gasteiger partial charge in [-0.3, -0.25) is 4.79 Å². The number of ketones is 1. The molecule has 2 aromatic carbocycles. The molecule has 1 atom stereocenters. The Hall–Kier alpha value is -2.53. The van der Waals surface area contributed by atoms with Gasteiger partial charge in [0.2, 0.25) is 5.75 Å². The summed E-state index contributed by atoms with van der Waals surface area (Å²) in [6.07, 6.45) is -1.45. The van der Waals surface area contributed by atoms with Crippen molar-refractivity contribution in [3.63, 3.8) is 0 Å². The lowest BCUT2D eigenvalue weighted by Gasteiger charge is -2.12. The Balaban J connectivity index is 2.38. The fourth-order valence-corrected chi connectivity index (χ4v) is 1.70. The van der Waals surface area contributed by atoms with E-state index in [1.54, 1.807) is 30.3 Å². The molecule has 0 saturated carbocycles. The van der Waals surface area contributed by atoms with E-state index in [2.05, 4.69) is 0 Å². The average molecular weight is 260 g/mol. The summed E-state index contributed by atoms with van der Waals surface area (Å²) in [5.41, 5.74) is 0.117. The number of hydrogen-bond donors (Lipinski definition) is 4. The van der Waals surface area contributed by atoms with E-state index >= 15 is 0 Å². The molecule has 0 bridgehead atoms. The van der Waals surface area contributed by atoms with Crippen LogP contribution in [0.25, 0.3) is 0 Å². The molecule has 0 heterocycles. The van der Waals surface area contributed by atoms with E-state index in [0.29, 0.717) is 5.56 Å². The molecule has 0 aliphatic carbocycles. The molecule has 4 N–H and O–H groups in total. The largest absolute Gasteiger partial charge is 0.504 e. The summed E-state index contributed by atoms with van der Waals surface area (Å²) in [7, 11) is 0. The van der Waals surface area contributed by atoms with E-state index in [1.165, 1.54) is 0 Å². The third-order valence-corrected chi connectivity index (χ3v) is 2.76. The SMILES string of the molecule is O=C(c1ccc(O)c(O)c1O)C(O)c1ccccc1. The zero-order valence-corrected chi connectivity index (χ0v) is 9.82. The zero-order valence-electron chi connectivity index (χ0n) is 9.82. The van der Waals surface area contributed by atoms with E-state index < -0.39 is 29.1 Å². The predicted molar refractivity (Wildman–Crippen MR) is 67.2 cm³/mol. The Morgan fingerprint density at radius 3 is 2.16 bits per heavy atom. The van der Waals surface area contributed by atoms with Crippen molar-refractivity contribution in [1.82, 2.24) is 0 Å². The van der Waals surface area contributed by atoms with E-state index in [-0.39, 0.29) is 5.56 Å². The molecule has 0 aliphatic heterocycles. The van der Waals surface area contributed by atoms with Crippen LogP contribution in [0.3, 0.4) is 0 Å². The van der Waals surface area contributed by atoms with Crippen LogP contribution < -0.4 is 0 Å². The molecular formula is C14H12O5. The number of aromatic hydroxyl groups is 3. The number of benzene rings is 2. The third kappa shape index (κ3) is 2.36. The fourth-order valence-electron chi connectivity index (χ4n) is 1.70. The summed E-state index contributed by atoms with van der Waals surface area (Å²) in [5, 5.41) is 38.1. The van der Waals surface area contributed by atoms with Crippen molar-refractivity contribution in [2.24, 2.45) is 0 Å². The number of phenols is 3. The Bertz CT molecular complexity index is 607. The third-order valence-electron chi connectivity index (χ3n) is 2.76. The highest BCUT2D eigenvalue weighted by molar-refractivity contribution is 6.03. The molecule has 0 fully saturated rings. The van der Waals surface area contributed by atoms with E-state index in [1.807, 2.05) is 0 Å². The molecule has 0 aliphatic rings. The molecule has 5 nitrogen and oxygen atoms in total. The van der Waals surface area contributed by atoms with Crippen LogP contribution in [-0.2, 0) is 0 Å². The standard InChI is InChI=1S/C14H12O5/c15-10-7-6-9(13(18)14(10)19)12(17)11(16)8-4-2-1-3-5-8/h1-7,11,15-16,18-19H. The van der Waals surface area contributed by atoms with Gasteiger partial charge in [-0.25, -0.2) is 0 Å². The summed E-state index contributed by atoms with van der Waals surface area (Å²) in [6.45, 7) is 0. The van der Waals surface area contributed by atoms with Gasteiger partial charge >= 0.3 is 0 Å². The van der Waals surface area contributed by atoms with E-state index in [9.17, 15) is 25.2 Å². The van der Waals surface area contributed by atoms with Crippen LogP contribution >= 0.6 is 0 Å². The van der Waals surface area contributed by atoms with Gasteiger partial charge in [-0.15, -0.1) is 0 Å². The van der Waals surface area contributed by atoms with E-state index in [0.717, 1.165) is 12.1 Å². The van der Waals surface area contributed by atoms with Crippen molar-refractivity contribution in [3.8, 4) is 17.2 Å². The summed E-state index contributed by atoms with van der Waals surface area (Å²) in [4.78, 5) is 12.0. The minimum Gasteiger partial charge on any atom is -0.504 e. The second-order valence-corrected chi connectivity index (χ2v) is 4.01. The normalized spacial score (nSPS) is 12.1.